The van der Waals surface area contributed by atoms with Crippen molar-refractivity contribution in [3.05, 3.63) is 58.3 Å². The molecular formula is C27H31FN4O5. The average Bonchev–Trinajstić information content (AvgIpc) is 2.88. The van der Waals surface area contributed by atoms with Crippen LogP contribution in [0.15, 0.2) is 41.3 Å². The van der Waals surface area contributed by atoms with Crippen molar-refractivity contribution in [1.29, 1.82) is 0 Å². The minimum Gasteiger partial charge on any atom is -0.506 e. The highest BCUT2D eigenvalue weighted by Crippen LogP contribution is 2.30. The molecule has 0 unspecified atom stereocenters. The number of fused-ring (bicyclic) bond motifs is 1. The van der Waals surface area contributed by atoms with Gasteiger partial charge in [0.2, 0.25) is 0 Å². The molecule has 1 saturated heterocycles. The number of halogens is 1. The lowest BCUT2D eigenvalue weighted by atomic mass is 9.82. The second-order valence-corrected chi connectivity index (χ2v) is 9.79. The smallest absolute Gasteiger partial charge is 0.348 e. The highest BCUT2D eigenvalue weighted by molar-refractivity contribution is 5.99. The Morgan fingerprint density at radius 1 is 1.19 bits per heavy atom. The molecule has 1 aromatic carbocycles. The van der Waals surface area contributed by atoms with Gasteiger partial charge < -0.3 is 14.6 Å². The van der Waals surface area contributed by atoms with Gasteiger partial charge in [0, 0.05) is 44.0 Å². The summed E-state index contributed by atoms with van der Waals surface area (Å²) in [7, 11) is 0. The Morgan fingerprint density at radius 2 is 1.92 bits per heavy atom. The summed E-state index contributed by atoms with van der Waals surface area (Å²) in [5.74, 6) is -1.09. The first-order valence-corrected chi connectivity index (χ1v) is 12.6. The molecule has 5 rings (SSSR count). The summed E-state index contributed by atoms with van der Waals surface area (Å²) in [6.07, 6.45) is 3.58. The van der Waals surface area contributed by atoms with Gasteiger partial charge in [-0.25, -0.2) is 14.2 Å². The second-order valence-electron chi connectivity index (χ2n) is 9.79. The number of rotatable bonds is 8. The maximum Gasteiger partial charge on any atom is 0.348 e. The highest BCUT2D eigenvalue weighted by Gasteiger charge is 2.27. The molecule has 3 heterocycles. The third-order valence-electron chi connectivity index (χ3n) is 7.15. The number of carbonyl (C=O) groups excluding carboxylic acids is 1. The van der Waals surface area contributed by atoms with Crippen molar-refractivity contribution in [1.82, 2.24) is 19.8 Å². The predicted octanol–water partition coefficient (Wildman–Crippen LogP) is 2.74. The lowest BCUT2D eigenvalue weighted by Gasteiger charge is -2.33. The van der Waals surface area contributed by atoms with Crippen LogP contribution in [0.3, 0.4) is 0 Å². The third kappa shape index (κ3) is 5.51. The molecule has 0 amide bonds. The van der Waals surface area contributed by atoms with E-state index in [1.54, 1.807) is 24.4 Å². The van der Waals surface area contributed by atoms with E-state index >= 15 is 0 Å². The topological polar surface area (TPSA) is 106 Å². The number of nitrogens with zero attached hydrogens (tertiary/aromatic N) is 3. The van der Waals surface area contributed by atoms with Gasteiger partial charge in [-0.05, 0) is 42.5 Å². The predicted molar refractivity (Wildman–Crippen MR) is 136 cm³/mol. The summed E-state index contributed by atoms with van der Waals surface area (Å²) in [5, 5.41) is 14.5. The van der Waals surface area contributed by atoms with Crippen molar-refractivity contribution in [2.24, 2.45) is 5.92 Å². The largest absolute Gasteiger partial charge is 0.506 e. The number of carbonyl (C=O) groups is 1. The molecule has 196 valence electrons. The van der Waals surface area contributed by atoms with Gasteiger partial charge in [0.1, 0.15) is 23.9 Å². The number of pyridine rings is 2. The standard InChI is InChI=1S/C27H31FN4O5/c1-17-12-21(13-17)30-16-37-27(35)23-24(33)22-14-19(18-2-4-20(28)5-3-18)15-29-25(22)32(26(23)34)7-6-31-8-10-36-11-9-31/h2-5,14-15,17,21,30,33H,6-13,16H2,1H3. The Balaban J connectivity index is 1.49. The van der Waals surface area contributed by atoms with Crippen LogP contribution in [0.25, 0.3) is 22.2 Å². The van der Waals surface area contributed by atoms with Crippen LogP contribution < -0.4 is 10.9 Å². The van der Waals surface area contributed by atoms with E-state index in [0.29, 0.717) is 36.8 Å². The molecule has 1 aliphatic carbocycles. The first kappa shape index (κ1) is 25.3. The lowest BCUT2D eigenvalue weighted by Crippen LogP contribution is -2.42. The zero-order chi connectivity index (χ0) is 25.9. The van der Waals surface area contributed by atoms with Crippen molar-refractivity contribution in [3.8, 4) is 16.9 Å². The van der Waals surface area contributed by atoms with Crippen LogP contribution in [-0.2, 0) is 16.0 Å². The molecule has 1 aliphatic heterocycles. The van der Waals surface area contributed by atoms with E-state index in [4.69, 9.17) is 9.47 Å². The molecule has 2 N–H and O–H groups in total. The van der Waals surface area contributed by atoms with E-state index in [1.165, 1.54) is 16.7 Å². The molecule has 9 nitrogen and oxygen atoms in total. The van der Waals surface area contributed by atoms with E-state index in [0.717, 1.165) is 25.9 Å². The van der Waals surface area contributed by atoms with Gasteiger partial charge in [-0.3, -0.25) is 19.6 Å². The van der Waals surface area contributed by atoms with Gasteiger partial charge in [-0.15, -0.1) is 0 Å². The zero-order valence-corrected chi connectivity index (χ0v) is 20.8. The number of nitrogens with one attached hydrogen (secondary N) is 1. The molecule has 2 aromatic heterocycles. The van der Waals surface area contributed by atoms with Gasteiger partial charge in [-0.1, -0.05) is 19.1 Å². The maximum atomic E-state index is 13.5. The molecular weight excluding hydrogens is 479 g/mol. The fourth-order valence-electron chi connectivity index (χ4n) is 4.94. The Bertz CT molecular complexity index is 1330. The van der Waals surface area contributed by atoms with E-state index < -0.39 is 22.8 Å². The number of aromatic hydroxyl groups is 1. The van der Waals surface area contributed by atoms with E-state index in [1.807, 2.05) is 0 Å². The molecule has 10 heteroatoms. The second kappa shape index (κ2) is 11.0. The number of benzene rings is 1. The van der Waals surface area contributed by atoms with Crippen molar-refractivity contribution in [2.45, 2.75) is 32.4 Å². The van der Waals surface area contributed by atoms with Crippen molar-refractivity contribution in [2.75, 3.05) is 39.6 Å². The van der Waals surface area contributed by atoms with Crippen LogP contribution in [0.4, 0.5) is 4.39 Å². The number of aromatic nitrogens is 2. The van der Waals surface area contributed by atoms with Gasteiger partial charge in [0.05, 0.1) is 18.6 Å². The van der Waals surface area contributed by atoms with Crippen molar-refractivity contribution < 1.29 is 23.8 Å². The molecule has 0 atom stereocenters. The fourth-order valence-corrected chi connectivity index (χ4v) is 4.94. The monoisotopic (exact) mass is 510 g/mol. The quantitative estimate of drug-likeness (QED) is 0.352. The van der Waals surface area contributed by atoms with Gasteiger partial charge >= 0.3 is 5.97 Å². The molecule has 0 spiro atoms. The minimum atomic E-state index is -0.892. The third-order valence-corrected chi connectivity index (χ3v) is 7.15. The van der Waals surface area contributed by atoms with Crippen molar-refractivity contribution >= 4 is 17.0 Å². The van der Waals surface area contributed by atoms with Crippen molar-refractivity contribution in [3.63, 3.8) is 0 Å². The number of morpholine rings is 1. The summed E-state index contributed by atoms with van der Waals surface area (Å²) in [6, 6.07) is 7.81. The van der Waals surface area contributed by atoms with Crippen LogP contribution in [-0.4, -0.2) is 71.1 Å². The number of hydrogen-bond acceptors (Lipinski definition) is 8. The summed E-state index contributed by atoms with van der Waals surface area (Å²) in [6.45, 7) is 5.67. The minimum absolute atomic E-state index is 0.0468. The Kier molecular flexibility index (Phi) is 7.50. The Hall–Kier alpha value is -3.34. The molecule has 3 aromatic rings. The SMILES string of the molecule is CC1CC(NCOC(=O)c2c(O)c3cc(-c4ccc(F)cc4)cnc3n(CCN3CCOCC3)c2=O)C1. The molecule has 0 bridgehead atoms. The summed E-state index contributed by atoms with van der Waals surface area (Å²) in [4.78, 5) is 33.1. The van der Waals surface area contributed by atoms with E-state index in [-0.39, 0.29) is 36.2 Å². The molecule has 37 heavy (non-hydrogen) atoms. The number of hydrogen-bond donors (Lipinski definition) is 2. The van der Waals surface area contributed by atoms with Gasteiger partial charge in [0.15, 0.2) is 5.56 Å². The Labute approximate surface area is 213 Å². The first-order chi connectivity index (χ1) is 17.9. The summed E-state index contributed by atoms with van der Waals surface area (Å²) < 4.78 is 25.6. The Morgan fingerprint density at radius 3 is 2.62 bits per heavy atom. The van der Waals surface area contributed by atoms with Crippen LogP contribution in [0.5, 0.6) is 5.75 Å². The molecule has 2 fully saturated rings. The number of ether oxygens (including phenoxy) is 2. The molecule has 1 saturated carbocycles. The molecule has 2 aliphatic rings. The fraction of sp³-hybridized carbons (Fsp3) is 0.444. The number of esters is 1. The van der Waals surface area contributed by atoms with Crippen LogP contribution in [0.2, 0.25) is 0 Å². The zero-order valence-electron chi connectivity index (χ0n) is 20.8. The van der Waals surface area contributed by atoms with Crippen LogP contribution >= 0.6 is 0 Å². The van der Waals surface area contributed by atoms with E-state index in [9.17, 15) is 19.1 Å². The van der Waals surface area contributed by atoms with Crippen LogP contribution in [0.1, 0.15) is 30.1 Å². The summed E-state index contributed by atoms with van der Waals surface area (Å²) in [5.41, 5.74) is 0.490. The summed E-state index contributed by atoms with van der Waals surface area (Å²) >= 11 is 0. The van der Waals surface area contributed by atoms with Crippen LogP contribution in [0, 0.1) is 11.7 Å². The lowest BCUT2D eigenvalue weighted by molar-refractivity contribution is 0.0363. The first-order valence-electron chi connectivity index (χ1n) is 12.6. The normalized spacial score (nSPS) is 20.1. The van der Waals surface area contributed by atoms with E-state index in [2.05, 4.69) is 22.1 Å². The maximum absolute atomic E-state index is 13.5. The molecule has 0 radical (unpaired) electrons. The highest BCUT2D eigenvalue weighted by atomic mass is 19.1. The van der Waals surface area contributed by atoms with Gasteiger partial charge in [0.25, 0.3) is 5.56 Å². The average molecular weight is 511 g/mol. The van der Waals surface area contributed by atoms with Gasteiger partial charge in [-0.2, -0.15) is 0 Å².